The summed E-state index contributed by atoms with van der Waals surface area (Å²) in [6.07, 6.45) is 1.97. The second-order valence-corrected chi connectivity index (χ2v) is 7.59. The van der Waals surface area contributed by atoms with Crippen LogP contribution in [-0.2, 0) is 11.2 Å². The van der Waals surface area contributed by atoms with E-state index in [2.05, 4.69) is 15.3 Å². The second-order valence-electron chi connectivity index (χ2n) is 6.29. The summed E-state index contributed by atoms with van der Waals surface area (Å²) >= 11 is 7.23. The van der Waals surface area contributed by atoms with Gasteiger partial charge in [-0.05, 0) is 42.7 Å². The van der Waals surface area contributed by atoms with Crippen LogP contribution in [0.5, 0.6) is 0 Å². The molecular weight excluding hydrogens is 398 g/mol. The van der Waals surface area contributed by atoms with Crippen molar-refractivity contribution >= 4 is 45.1 Å². The zero-order valence-electron chi connectivity index (χ0n) is 14.7. The maximum Gasteiger partial charge on any atom is 0.417 e. The van der Waals surface area contributed by atoms with Crippen LogP contribution in [0.2, 0.25) is 5.02 Å². The van der Waals surface area contributed by atoms with Gasteiger partial charge in [-0.3, -0.25) is 9.78 Å². The molecule has 0 spiro atoms. The van der Waals surface area contributed by atoms with Crippen LogP contribution in [-0.4, -0.2) is 15.9 Å². The van der Waals surface area contributed by atoms with Crippen molar-refractivity contribution in [1.29, 1.82) is 0 Å². The molecule has 2 heterocycles. The van der Waals surface area contributed by atoms with E-state index in [-0.39, 0.29) is 5.91 Å². The first-order chi connectivity index (χ1) is 13.6. The lowest BCUT2D eigenvalue weighted by molar-refractivity contribution is -0.116. The molecule has 142 valence electrons. The van der Waals surface area contributed by atoms with Gasteiger partial charge in [0.2, 0.25) is 5.91 Å². The van der Waals surface area contributed by atoms with Crippen LogP contribution < -0.4 is 11.1 Å². The van der Waals surface area contributed by atoms with E-state index in [1.807, 2.05) is 35.7 Å². The third-order valence-electron chi connectivity index (χ3n) is 4.25. The fourth-order valence-electron chi connectivity index (χ4n) is 2.85. The zero-order valence-corrected chi connectivity index (χ0v) is 16.3. The van der Waals surface area contributed by atoms with Gasteiger partial charge in [-0.15, -0.1) is 11.3 Å². The molecule has 0 aliphatic heterocycles. The van der Waals surface area contributed by atoms with Crippen LogP contribution >= 0.6 is 22.9 Å². The number of hydrogen-bond donors (Lipinski definition) is 2. The van der Waals surface area contributed by atoms with Crippen molar-refractivity contribution in [2.45, 2.75) is 19.3 Å². The number of hydrogen-bond acceptors (Lipinski definition) is 5. The zero-order chi connectivity index (χ0) is 19.5. The molecule has 28 heavy (non-hydrogen) atoms. The maximum atomic E-state index is 12.2. The summed E-state index contributed by atoms with van der Waals surface area (Å²) < 4.78 is 5.08. The van der Waals surface area contributed by atoms with E-state index in [0.717, 1.165) is 24.0 Å². The number of thiazole rings is 1. The minimum Gasteiger partial charge on any atom is -0.408 e. The number of fused-ring (bicyclic) bond motifs is 1. The number of halogens is 1. The fraction of sp³-hybridized carbons (Fsp3) is 0.150. The molecule has 4 aromatic rings. The highest BCUT2D eigenvalue weighted by atomic mass is 35.5. The van der Waals surface area contributed by atoms with Gasteiger partial charge >= 0.3 is 5.76 Å². The van der Waals surface area contributed by atoms with Crippen molar-refractivity contribution in [2.75, 3.05) is 5.32 Å². The quantitative estimate of drug-likeness (QED) is 0.472. The summed E-state index contributed by atoms with van der Waals surface area (Å²) in [7, 11) is 0. The van der Waals surface area contributed by atoms with Crippen molar-refractivity contribution in [2.24, 2.45) is 0 Å². The van der Waals surface area contributed by atoms with Gasteiger partial charge in [-0.2, -0.15) is 0 Å². The summed E-state index contributed by atoms with van der Waals surface area (Å²) in [5.41, 5.74) is 3.80. The largest absolute Gasteiger partial charge is 0.417 e. The lowest BCUT2D eigenvalue weighted by atomic mass is 10.1. The Morgan fingerprint density at radius 2 is 2.04 bits per heavy atom. The number of nitrogens with zero attached hydrogens (tertiary/aromatic N) is 1. The van der Waals surface area contributed by atoms with E-state index in [0.29, 0.717) is 33.4 Å². The molecule has 2 aromatic heterocycles. The Hall–Kier alpha value is -2.90. The molecule has 0 aliphatic rings. The summed E-state index contributed by atoms with van der Waals surface area (Å²) in [5.74, 6) is -0.557. The number of benzene rings is 2. The van der Waals surface area contributed by atoms with Crippen LogP contribution in [0.3, 0.4) is 0 Å². The Morgan fingerprint density at radius 1 is 1.21 bits per heavy atom. The van der Waals surface area contributed by atoms with Crippen molar-refractivity contribution in [3.8, 4) is 11.3 Å². The minimum absolute atomic E-state index is 0.0676. The van der Waals surface area contributed by atoms with Crippen LogP contribution in [0.15, 0.2) is 57.1 Å². The predicted octanol–water partition coefficient (Wildman–Crippen LogP) is 4.86. The first-order valence-corrected chi connectivity index (χ1v) is 9.96. The van der Waals surface area contributed by atoms with Gasteiger partial charge in [0.1, 0.15) is 0 Å². The Morgan fingerprint density at radius 3 is 2.86 bits per heavy atom. The van der Waals surface area contributed by atoms with Gasteiger partial charge in [0.25, 0.3) is 0 Å². The molecule has 2 aromatic carbocycles. The van der Waals surface area contributed by atoms with Crippen molar-refractivity contribution in [3.63, 3.8) is 0 Å². The molecule has 0 atom stereocenters. The second kappa shape index (κ2) is 8.00. The Balaban J connectivity index is 1.35. The average molecular weight is 414 g/mol. The number of amides is 1. The molecule has 4 rings (SSSR count). The van der Waals surface area contributed by atoms with E-state index in [1.54, 1.807) is 12.1 Å². The van der Waals surface area contributed by atoms with Crippen LogP contribution in [0.4, 0.5) is 5.13 Å². The van der Waals surface area contributed by atoms with Crippen LogP contribution in [0.25, 0.3) is 22.4 Å². The SMILES string of the molecule is O=C(CCCc1ccc(Cl)cc1)Nc1nc(-c2ccc3[nH]c(=O)oc3c2)cs1. The van der Waals surface area contributed by atoms with E-state index in [1.165, 1.54) is 11.3 Å². The number of aromatic nitrogens is 2. The number of H-pyrrole nitrogens is 1. The normalized spacial score (nSPS) is 11.0. The van der Waals surface area contributed by atoms with Gasteiger partial charge in [-0.25, -0.2) is 9.78 Å². The summed E-state index contributed by atoms with van der Waals surface area (Å²) in [4.78, 5) is 30.5. The molecule has 0 fully saturated rings. The number of nitrogens with one attached hydrogen (secondary N) is 2. The molecule has 0 saturated heterocycles. The minimum atomic E-state index is -0.489. The number of anilines is 1. The van der Waals surface area contributed by atoms with Gasteiger partial charge in [-0.1, -0.05) is 29.8 Å². The van der Waals surface area contributed by atoms with Crippen molar-refractivity contribution in [3.05, 3.63) is 69.0 Å². The monoisotopic (exact) mass is 413 g/mol. The van der Waals surface area contributed by atoms with E-state index in [9.17, 15) is 9.59 Å². The smallest absolute Gasteiger partial charge is 0.408 e. The summed E-state index contributed by atoms with van der Waals surface area (Å²) in [5, 5.41) is 5.94. The molecule has 0 radical (unpaired) electrons. The van der Waals surface area contributed by atoms with E-state index < -0.39 is 5.76 Å². The Labute approximate surface area is 169 Å². The molecule has 0 aliphatic carbocycles. The summed E-state index contributed by atoms with van der Waals surface area (Å²) in [6, 6.07) is 13.0. The molecular formula is C20H16ClN3O3S. The number of aryl methyl sites for hydroxylation is 1. The first-order valence-electron chi connectivity index (χ1n) is 8.70. The van der Waals surface area contributed by atoms with Crippen molar-refractivity contribution in [1.82, 2.24) is 9.97 Å². The van der Waals surface area contributed by atoms with Crippen LogP contribution in [0, 0.1) is 0 Å². The molecule has 2 N–H and O–H groups in total. The molecule has 0 saturated carbocycles. The topological polar surface area (TPSA) is 88.0 Å². The van der Waals surface area contributed by atoms with Crippen LogP contribution in [0.1, 0.15) is 18.4 Å². The lowest BCUT2D eigenvalue weighted by Crippen LogP contribution is -2.11. The first kappa shape index (κ1) is 18.5. The fourth-order valence-corrected chi connectivity index (χ4v) is 3.72. The third-order valence-corrected chi connectivity index (χ3v) is 5.26. The highest BCUT2D eigenvalue weighted by Crippen LogP contribution is 2.27. The highest BCUT2D eigenvalue weighted by Gasteiger charge is 2.10. The number of aromatic amines is 1. The van der Waals surface area contributed by atoms with Gasteiger partial charge in [0.05, 0.1) is 11.2 Å². The standard InChI is InChI=1S/C20H16ClN3O3S/c21-14-7-4-12(5-8-14)2-1-3-18(25)24-19-22-16(11-28-19)13-6-9-15-17(10-13)27-20(26)23-15/h4-11H,1-3H2,(H,23,26)(H,22,24,25). The molecule has 1 amide bonds. The third kappa shape index (κ3) is 4.32. The highest BCUT2D eigenvalue weighted by molar-refractivity contribution is 7.14. The molecule has 0 unspecified atom stereocenters. The number of carbonyl (C=O) groups is 1. The number of oxazole rings is 1. The Bertz CT molecular complexity index is 1180. The van der Waals surface area contributed by atoms with E-state index >= 15 is 0 Å². The summed E-state index contributed by atoms with van der Waals surface area (Å²) in [6.45, 7) is 0. The number of carbonyl (C=O) groups excluding carboxylic acids is 1. The van der Waals surface area contributed by atoms with Crippen molar-refractivity contribution < 1.29 is 9.21 Å². The van der Waals surface area contributed by atoms with Gasteiger partial charge in [0.15, 0.2) is 10.7 Å². The Kier molecular flexibility index (Phi) is 5.27. The average Bonchev–Trinajstić information content (AvgIpc) is 3.28. The lowest BCUT2D eigenvalue weighted by Gasteiger charge is -2.03. The molecule has 8 heteroatoms. The molecule has 0 bridgehead atoms. The molecule has 6 nitrogen and oxygen atoms in total. The maximum absolute atomic E-state index is 12.2. The predicted molar refractivity (Wildman–Crippen MR) is 111 cm³/mol. The number of rotatable bonds is 6. The van der Waals surface area contributed by atoms with E-state index in [4.69, 9.17) is 16.0 Å². The van der Waals surface area contributed by atoms with Gasteiger partial charge < -0.3 is 9.73 Å². The van der Waals surface area contributed by atoms with Gasteiger partial charge in [0, 0.05) is 22.4 Å².